The molecule has 0 bridgehead atoms. The van der Waals surface area contributed by atoms with E-state index in [9.17, 15) is 13.2 Å². The summed E-state index contributed by atoms with van der Waals surface area (Å²) in [6.45, 7) is 1.87. The Balaban J connectivity index is 2.03. The van der Waals surface area contributed by atoms with Crippen molar-refractivity contribution in [2.24, 2.45) is 5.92 Å². The maximum absolute atomic E-state index is 12.4. The molecule has 1 fully saturated rings. The Labute approximate surface area is 113 Å². The lowest BCUT2D eigenvalue weighted by atomic mass is 10.1. The van der Waals surface area contributed by atoms with Crippen LogP contribution in [0.25, 0.3) is 0 Å². The van der Waals surface area contributed by atoms with Crippen molar-refractivity contribution < 1.29 is 13.2 Å². The van der Waals surface area contributed by atoms with Gasteiger partial charge in [0, 0.05) is 24.1 Å². The van der Waals surface area contributed by atoms with Crippen LogP contribution in [0.2, 0.25) is 0 Å². The first-order chi connectivity index (χ1) is 8.50. The summed E-state index contributed by atoms with van der Waals surface area (Å²) >= 11 is 3.42. The van der Waals surface area contributed by atoms with Crippen molar-refractivity contribution in [2.45, 2.75) is 19.0 Å². The standard InChI is InChI=1S/C13H15BrF3N/c14-7-5-10-6-8-18(9-10)12-3-1-11(2-4-12)13(15,16)17/h1-4,10H,5-9H2. The number of halogens is 4. The van der Waals surface area contributed by atoms with Gasteiger partial charge < -0.3 is 4.90 Å². The van der Waals surface area contributed by atoms with Crippen LogP contribution in [-0.2, 0) is 6.18 Å². The third-order valence-corrected chi connectivity index (χ3v) is 3.82. The number of rotatable bonds is 3. The average molecular weight is 322 g/mol. The number of hydrogen-bond donors (Lipinski definition) is 0. The third-order valence-electron chi connectivity index (χ3n) is 3.36. The molecule has 0 saturated carbocycles. The van der Waals surface area contributed by atoms with Gasteiger partial charge in [-0.05, 0) is 43.0 Å². The van der Waals surface area contributed by atoms with Crippen molar-refractivity contribution >= 4 is 21.6 Å². The second kappa shape index (κ2) is 5.51. The summed E-state index contributed by atoms with van der Waals surface area (Å²) in [5.41, 5.74) is 0.308. The van der Waals surface area contributed by atoms with Crippen molar-refractivity contribution in [3.05, 3.63) is 29.8 Å². The predicted octanol–water partition coefficient (Wildman–Crippen LogP) is 4.32. The molecule has 1 saturated heterocycles. The van der Waals surface area contributed by atoms with Gasteiger partial charge in [0.2, 0.25) is 0 Å². The SMILES string of the molecule is FC(F)(F)c1ccc(N2CCC(CCBr)C2)cc1. The molecule has 2 rings (SSSR count). The summed E-state index contributed by atoms with van der Waals surface area (Å²) in [4.78, 5) is 2.16. The minimum absolute atomic E-state index is 0.581. The quantitative estimate of drug-likeness (QED) is 0.749. The van der Waals surface area contributed by atoms with Gasteiger partial charge in [0.25, 0.3) is 0 Å². The molecule has 1 aliphatic heterocycles. The van der Waals surface area contributed by atoms with Gasteiger partial charge in [0.1, 0.15) is 0 Å². The molecular weight excluding hydrogens is 307 g/mol. The van der Waals surface area contributed by atoms with E-state index in [-0.39, 0.29) is 0 Å². The molecule has 0 aliphatic carbocycles. The molecule has 1 nitrogen and oxygen atoms in total. The topological polar surface area (TPSA) is 3.24 Å². The second-order valence-corrected chi connectivity index (χ2v) is 5.42. The lowest BCUT2D eigenvalue weighted by Gasteiger charge is -2.19. The number of hydrogen-bond acceptors (Lipinski definition) is 1. The van der Waals surface area contributed by atoms with Crippen LogP contribution in [0.1, 0.15) is 18.4 Å². The summed E-state index contributed by atoms with van der Waals surface area (Å²) in [6, 6.07) is 5.46. The Kier molecular flexibility index (Phi) is 4.20. The van der Waals surface area contributed by atoms with Crippen LogP contribution in [0.15, 0.2) is 24.3 Å². The summed E-state index contributed by atoms with van der Waals surface area (Å²) in [5.74, 6) is 0.645. The van der Waals surface area contributed by atoms with Gasteiger partial charge >= 0.3 is 6.18 Å². The summed E-state index contributed by atoms with van der Waals surface area (Å²) in [5, 5.41) is 0.985. The third kappa shape index (κ3) is 3.19. The summed E-state index contributed by atoms with van der Waals surface area (Å²) in [6.07, 6.45) is -2.01. The fourth-order valence-corrected chi connectivity index (χ4v) is 2.97. The van der Waals surface area contributed by atoms with E-state index in [1.165, 1.54) is 0 Å². The van der Waals surface area contributed by atoms with Crippen LogP contribution < -0.4 is 4.90 Å². The molecule has 5 heteroatoms. The number of nitrogens with zero attached hydrogens (tertiary/aromatic N) is 1. The predicted molar refractivity (Wildman–Crippen MR) is 70.2 cm³/mol. The van der Waals surface area contributed by atoms with E-state index >= 15 is 0 Å². The molecular formula is C13H15BrF3N. The van der Waals surface area contributed by atoms with Gasteiger partial charge in [0.15, 0.2) is 0 Å². The van der Waals surface area contributed by atoms with E-state index in [1.54, 1.807) is 12.1 Å². The largest absolute Gasteiger partial charge is 0.416 e. The van der Waals surface area contributed by atoms with E-state index < -0.39 is 11.7 Å². The zero-order valence-corrected chi connectivity index (χ0v) is 11.5. The molecule has 1 heterocycles. The van der Waals surface area contributed by atoms with E-state index in [2.05, 4.69) is 20.8 Å². The Morgan fingerprint density at radius 2 is 1.89 bits per heavy atom. The molecule has 18 heavy (non-hydrogen) atoms. The maximum atomic E-state index is 12.4. The highest BCUT2D eigenvalue weighted by atomic mass is 79.9. The molecule has 1 unspecified atom stereocenters. The van der Waals surface area contributed by atoms with E-state index in [0.717, 1.165) is 49.1 Å². The fourth-order valence-electron chi connectivity index (χ4n) is 2.32. The lowest BCUT2D eigenvalue weighted by molar-refractivity contribution is -0.137. The van der Waals surface area contributed by atoms with Crippen LogP contribution in [-0.4, -0.2) is 18.4 Å². The molecule has 0 radical (unpaired) electrons. The van der Waals surface area contributed by atoms with Crippen molar-refractivity contribution in [3.8, 4) is 0 Å². The number of alkyl halides is 4. The van der Waals surface area contributed by atoms with Crippen LogP contribution in [0.5, 0.6) is 0 Å². The Morgan fingerprint density at radius 1 is 1.22 bits per heavy atom. The molecule has 100 valence electrons. The van der Waals surface area contributed by atoms with Crippen LogP contribution >= 0.6 is 15.9 Å². The van der Waals surface area contributed by atoms with E-state index in [1.807, 2.05) is 0 Å². The van der Waals surface area contributed by atoms with Crippen molar-refractivity contribution in [2.75, 3.05) is 23.3 Å². The molecule has 0 amide bonds. The van der Waals surface area contributed by atoms with Crippen LogP contribution in [0.3, 0.4) is 0 Å². The minimum Gasteiger partial charge on any atom is -0.371 e. The number of benzene rings is 1. The molecule has 0 spiro atoms. The van der Waals surface area contributed by atoms with Gasteiger partial charge in [-0.1, -0.05) is 15.9 Å². The van der Waals surface area contributed by atoms with Crippen LogP contribution in [0, 0.1) is 5.92 Å². The van der Waals surface area contributed by atoms with E-state index in [4.69, 9.17) is 0 Å². The molecule has 1 aromatic rings. The highest BCUT2D eigenvalue weighted by Gasteiger charge is 2.30. The van der Waals surface area contributed by atoms with E-state index in [0.29, 0.717) is 5.92 Å². The van der Waals surface area contributed by atoms with Gasteiger partial charge in [-0.3, -0.25) is 0 Å². The van der Waals surface area contributed by atoms with Gasteiger partial charge in [-0.25, -0.2) is 0 Å². The minimum atomic E-state index is -4.25. The monoisotopic (exact) mass is 321 g/mol. The van der Waals surface area contributed by atoms with Crippen molar-refractivity contribution in [1.82, 2.24) is 0 Å². The zero-order chi connectivity index (χ0) is 13.2. The normalized spacial score (nSPS) is 20.4. The first-order valence-corrected chi connectivity index (χ1v) is 7.11. The summed E-state index contributed by atoms with van der Waals surface area (Å²) in [7, 11) is 0. The van der Waals surface area contributed by atoms with Gasteiger partial charge in [-0.15, -0.1) is 0 Å². The smallest absolute Gasteiger partial charge is 0.371 e. The van der Waals surface area contributed by atoms with Crippen molar-refractivity contribution in [1.29, 1.82) is 0 Å². The molecule has 1 aromatic carbocycles. The zero-order valence-electron chi connectivity index (χ0n) is 9.88. The van der Waals surface area contributed by atoms with Crippen LogP contribution in [0.4, 0.5) is 18.9 Å². The Morgan fingerprint density at radius 3 is 2.44 bits per heavy atom. The Bertz CT molecular complexity index is 388. The Hall–Kier alpha value is -0.710. The molecule has 1 aliphatic rings. The molecule has 0 N–H and O–H groups in total. The fraction of sp³-hybridized carbons (Fsp3) is 0.538. The van der Waals surface area contributed by atoms with Gasteiger partial charge in [0.05, 0.1) is 5.56 Å². The summed E-state index contributed by atoms with van der Waals surface area (Å²) < 4.78 is 37.3. The van der Waals surface area contributed by atoms with Gasteiger partial charge in [-0.2, -0.15) is 13.2 Å². The highest BCUT2D eigenvalue weighted by Crippen LogP contribution is 2.32. The first-order valence-electron chi connectivity index (χ1n) is 5.99. The second-order valence-electron chi connectivity index (χ2n) is 4.62. The maximum Gasteiger partial charge on any atom is 0.416 e. The number of anilines is 1. The molecule has 1 atom stereocenters. The first kappa shape index (κ1) is 13.7. The van der Waals surface area contributed by atoms with Crippen molar-refractivity contribution in [3.63, 3.8) is 0 Å². The highest BCUT2D eigenvalue weighted by molar-refractivity contribution is 9.09. The average Bonchev–Trinajstić information content (AvgIpc) is 2.77. The molecule has 0 aromatic heterocycles. The lowest BCUT2D eigenvalue weighted by Crippen LogP contribution is -2.19.